The van der Waals surface area contributed by atoms with Gasteiger partial charge in [0.05, 0.1) is 6.61 Å². The number of amides is 1. The average molecular weight is 277 g/mol. The number of hydrogen-bond donors (Lipinski definition) is 1. The molecular formula is C16H23NO3. The summed E-state index contributed by atoms with van der Waals surface area (Å²) in [6, 6.07) is 7.47. The smallest absolute Gasteiger partial charge is 0.230 e. The van der Waals surface area contributed by atoms with Gasteiger partial charge in [-0.1, -0.05) is 19.8 Å². The molecule has 1 aliphatic rings. The van der Waals surface area contributed by atoms with E-state index in [2.05, 4.69) is 12.2 Å². The Morgan fingerprint density at radius 1 is 1.20 bits per heavy atom. The van der Waals surface area contributed by atoms with Crippen LogP contribution in [-0.4, -0.2) is 26.2 Å². The number of nitrogens with one attached hydrogen (secondary N) is 1. The van der Waals surface area contributed by atoms with Crippen LogP contribution in [0.15, 0.2) is 24.3 Å². The second-order valence-electron chi connectivity index (χ2n) is 5.59. The molecular weight excluding hydrogens is 254 g/mol. The van der Waals surface area contributed by atoms with E-state index in [9.17, 15) is 4.79 Å². The van der Waals surface area contributed by atoms with E-state index < -0.39 is 0 Å². The van der Waals surface area contributed by atoms with Crippen molar-refractivity contribution in [3.05, 3.63) is 24.3 Å². The van der Waals surface area contributed by atoms with Crippen molar-refractivity contribution in [2.75, 3.05) is 25.6 Å². The summed E-state index contributed by atoms with van der Waals surface area (Å²) in [5, 5.41) is 3.00. The van der Waals surface area contributed by atoms with E-state index >= 15 is 0 Å². The number of benzene rings is 1. The summed E-state index contributed by atoms with van der Waals surface area (Å²) in [5.74, 6) is 0.912. The topological polar surface area (TPSA) is 47.6 Å². The Kier molecular flexibility index (Phi) is 5.01. The van der Waals surface area contributed by atoms with Crippen LogP contribution in [0.5, 0.6) is 5.75 Å². The van der Waals surface area contributed by atoms with E-state index in [1.165, 1.54) is 0 Å². The zero-order valence-corrected chi connectivity index (χ0v) is 12.3. The highest BCUT2D eigenvalue weighted by atomic mass is 16.5. The van der Waals surface area contributed by atoms with Crippen molar-refractivity contribution in [1.82, 2.24) is 0 Å². The zero-order valence-electron chi connectivity index (χ0n) is 12.3. The maximum atomic E-state index is 12.3. The quantitative estimate of drug-likeness (QED) is 0.812. The number of carbonyl (C=O) groups is 1. The fourth-order valence-electron chi connectivity index (χ4n) is 2.54. The molecule has 0 atom stereocenters. The van der Waals surface area contributed by atoms with Crippen LogP contribution < -0.4 is 10.1 Å². The third kappa shape index (κ3) is 3.73. The lowest BCUT2D eigenvalue weighted by Crippen LogP contribution is -2.30. The van der Waals surface area contributed by atoms with Crippen LogP contribution in [0.4, 0.5) is 5.69 Å². The highest BCUT2D eigenvalue weighted by molar-refractivity contribution is 5.95. The molecule has 0 aromatic heterocycles. The van der Waals surface area contributed by atoms with Crippen molar-refractivity contribution in [2.45, 2.75) is 32.6 Å². The minimum absolute atomic E-state index is 0.128. The van der Waals surface area contributed by atoms with Gasteiger partial charge in [-0.05, 0) is 37.1 Å². The van der Waals surface area contributed by atoms with E-state index in [1.807, 2.05) is 24.3 Å². The largest absolute Gasteiger partial charge is 0.491 e. The van der Waals surface area contributed by atoms with E-state index in [-0.39, 0.29) is 11.3 Å². The first-order valence-corrected chi connectivity index (χ1v) is 7.17. The summed E-state index contributed by atoms with van der Waals surface area (Å²) in [6.45, 7) is 3.15. The molecule has 1 aromatic carbocycles. The fraction of sp³-hybridized carbons (Fsp3) is 0.562. The second-order valence-corrected chi connectivity index (χ2v) is 5.59. The number of anilines is 1. The number of hydrogen-bond acceptors (Lipinski definition) is 3. The van der Waals surface area contributed by atoms with Gasteiger partial charge >= 0.3 is 0 Å². The molecule has 0 unspecified atom stereocenters. The molecule has 0 radical (unpaired) electrons. The minimum Gasteiger partial charge on any atom is -0.491 e. The Bertz CT molecular complexity index is 436. The Labute approximate surface area is 120 Å². The Morgan fingerprint density at radius 3 is 2.45 bits per heavy atom. The molecule has 1 saturated carbocycles. The summed E-state index contributed by atoms with van der Waals surface area (Å²) in [6.07, 6.45) is 4.26. The lowest BCUT2D eigenvalue weighted by molar-refractivity contribution is -0.124. The van der Waals surface area contributed by atoms with Crippen LogP contribution in [0.2, 0.25) is 0 Å². The van der Waals surface area contributed by atoms with Gasteiger partial charge in [-0.25, -0.2) is 0 Å². The highest BCUT2D eigenvalue weighted by Gasteiger charge is 2.36. The Hall–Kier alpha value is -1.55. The van der Waals surface area contributed by atoms with Gasteiger partial charge in [-0.3, -0.25) is 4.79 Å². The molecule has 0 saturated heterocycles. The molecule has 1 amide bonds. The molecule has 1 N–H and O–H groups in total. The van der Waals surface area contributed by atoms with Crippen molar-refractivity contribution in [3.8, 4) is 5.75 Å². The van der Waals surface area contributed by atoms with Gasteiger partial charge in [0.25, 0.3) is 0 Å². The number of methoxy groups -OCH3 is 1. The normalized spacial score (nSPS) is 16.9. The molecule has 110 valence electrons. The van der Waals surface area contributed by atoms with E-state index in [1.54, 1.807) is 7.11 Å². The Morgan fingerprint density at radius 2 is 1.85 bits per heavy atom. The van der Waals surface area contributed by atoms with Crippen LogP contribution in [0.25, 0.3) is 0 Å². The van der Waals surface area contributed by atoms with Crippen LogP contribution in [-0.2, 0) is 9.53 Å². The average Bonchev–Trinajstić information content (AvgIpc) is 2.89. The first kappa shape index (κ1) is 14.9. The molecule has 0 aliphatic heterocycles. The summed E-state index contributed by atoms with van der Waals surface area (Å²) < 4.78 is 10.4. The predicted molar refractivity (Wildman–Crippen MR) is 79.0 cm³/mol. The third-order valence-electron chi connectivity index (χ3n) is 3.92. The number of carbonyl (C=O) groups excluding carboxylic acids is 1. The summed E-state index contributed by atoms with van der Waals surface area (Å²) >= 11 is 0. The van der Waals surface area contributed by atoms with Crippen molar-refractivity contribution >= 4 is 11.6 Å². The maximum Gasteiger partial charge on any atom is 0.230 e. The summed E-state index contributed by atoms with van der Waals surface area (Å²) in [4.78, 5) is 12.3. The standard InChI is InChI=1S/C16H23NO3/c1-16(9-3-4-10-16)15(18)17-13-5-7-14(8-6-13)20-12-11-19-2/h5-8H,3-4,9-12H2,1-2H3,(H,17,18). The van der Waals surface area contributed by atoms with Gasteiger partial charge in [-0.15, -0.1) is 0 Å². The molecule has 1 aromatic rings. The van der Waals surface area contributed by atoms with Gasteiger partial charge < -0.3 is 14.8 Å². The Balaban J connectivity index is 1.88. The van der Waals surface area contributed by atoms with Gasteiger partial charge in [-0.2, -0.15) is 0 Å². The van der Waals surface area contributed by atoms with Gasteiger partial charge in [0, 0.05) is 18.2 Å². The SMILES string of the molecule is COCCOc1ccc(NC(=O)C2(C)CCCC2)cc1. The fourth-order valence-corrected chi connectivity index (χ4v) is 2.54. The predicted octanol–water partition coefficient (Wildman–Crippen LogP) is 3.23. The van der Waals surface area contributed by atoms with Crippen molar-refractivity contribution in [2.24, 2.45) is 5.41 Å². The van der Waals surface area contributed by atoms with Gasteiger partial charge in [0.1, 0.15) is 12.4 Å². The van der Waals surface area contributed by atoms with Crippen molar-refractivity contribution in [3.63, 3.8) is 0 Å². The molecule has 2 rings (SSSR count). The summed E-state index contributed by atoms with van der Waals surface area (Å²) in [5.41, 5.74) is 0.621. The van der Waals surface area contributed by atoms with Crippen LogP contribution in [0.3, 0.4) is 0 Å². The number of rotatable bonds is 6. The minimum atomic E-state index is -0.201. The van der Waals surface area contributed by atoms with E-state index in [4.69, 9.17) is 9.47 Å². The first-order chi connectivity index (χ1) is 9.64. The molecule has 20 heavy (non-hydrogen) atoms. The maximum absolute atomic E-state index is 12.3. The molecule has 0 heterocycles. The number of ether oxygens (including phenoxy) is 2. The molecule has 4 heteroatoms. The molecule has 4 nitrogen and oxygen atoms in total. The van der Waals surface area contributed by atoms with Crippen molar-refractivity contribution in [1.29, 1.82) is 0 Å². The monoisotopic (exact) mass is 277 g/mol. The van der Waals surface area contributed by atoms with E-state index in [0.29, 0.717) is 13.2 Å². The molecule has 1 fully saturated rings. The molecule has 0 bridgehead atoms. The second kappa shape index (κ2) is 6.75. The van der Waals surface area contributed by atoms with Gasteiger partial charge in [0.2, 0.25) is 5.91 Å². The first-order valence-electron chi connectivity index (χ1n) is 7.17. The van der Waals surface area contributed by atoms with Crippen LogP contribution in [0, 0.1) is 5.41 Å². The third-order valence-corrected chi connectivity index (χ3v) is 3.92. The highest BCUT2D eigenvalue weighted by Crippen LogP contribution is 2.38. The lowest BCUT2D eigenvalue weighted by atomic mass is 9.88. The lowest BCUT2D eigenvalue weighted by Gasteiger charge is -2.22. The van der Waals surface area contributed by atoms with Crippen LogP contribution in [0.1, 0.15) is 32.6 Å². The molecule has 1 aliphatic carbocycles. The molecule has 0 spiro atoms. The zero-order chi connectivity index (χ0) is 14.4. The van der Waals surface area contributed by atoms with Crippen molar-refractivity contribution < 1.29 is 14.3 Å². The van der Waals surface area contributed by atoms with Crippen LogP contribution >= 0.6 is 0 Å². The summed E-state index contributed by atoms with van der Waals surface area (Å²) in [7, 11) is 1.64. The van der Waals surface area contributed by atoms with E-state index in [0.717, 1.165) is 37.1 Å². The van der Waals surface area contributed by atoms with Gasteiger partial charge in [0.15, 0.2) is 0 Å².